The zero-order valence-electron chi connectivity index (χ0n) is 14.5. The van der Waals surface area contributed by atoms with Crippen LogP contribution in [0.15, 0.2) is 0 Å². The molecule has 0 aromatic carbocycles. The van der Waals surface area contributed by atoms with Crippen LogP contribution in [0, 0.1) is 5.92 Å². The fourth-order valence-electron chi connectivity index (χ4n) is 4.10. The molecular weight excluding hydrogens is 308 g/mol. The molecule has 2 aliphatic heterocycles. The van der Waals surface area contributed by atoms with E-state index in [1.54, 1.807) is 0 Å². The topological polar surface area (TPSA) is 41.6 Å². The van der Waals surface area contributed by atoms with E-state index in [2.05, 4.69) is 17.1 Å². The first-order valence-corrected chi connectivity index (χ1v) is 10.6. The van der Waals surface area contributed by atoms with Gasteiger partial charge in [0.05, 0.1) is 6.10 Å². The second kappa shape index (κ2) is 8.72. The molecule has 0 radical (unpaired) electrons. The van der Waals surface area contributed by atoms with Gasteiger partial charge in [-0.05, 0) is 44.4 Å². The maximum atomic E-state index is 13.0. The van der Waals surface area contributed by atoms with Crippen molar-refractivity contribution in [3.63, 3.8) is 0 Å². The van der Waals surface area contributed by atoms with Gasteiger partial charge in [-0.1, -0.05) is 6.92 Å². The van der Waals surface area contributed by atoms with Crippen LogP contribution in [0.4, 0.5) is 0 Å². The van der Waals surface area contributed by atoms with Gasteiger partial charge in [0.1, 0.15) is 0 Å². The highest BCUT2D eigenvalue weighted by molar-refractivity contribution is 7.99. The van der Waals surface area contributed by atoms with Crippen LogP contribution in [0.1, 0.15) is 51.9 Å². The molecule has 2 saturated heterocycles. The van der Waals surface area contributed by atoms with Crippen LogP contribution < -0.4 is 5.32 Å². The smallest absolute Gasteiger partial charge is 0.224 e. The number of ether oxygens (including phenoxy) is 1. The molecule has 1 N–H and O–H groups in total. The van der Waals surface area contributed by atoms with Gasteiger partial charge in [-0.3, -0.25) is 4.79 Å². The van der Waals surface area contributed by atoms with Crippen molar-refractivity contribution in [2.75, 3.05) is 31.2 Å². The van der Waals surface area contributed by atoms with E-state index < -0.39 is 0 Å². The number of carbonyl (C=O) groups excluding carboxylic acids is 1. The molecule has 3 aliphatic rings. The summed E-state index contributed by atoms with van der Waals surface area (Å²) in [6.07, 6.45) is 8.06. The minimum absolute atomic E-state index is 0.270. The lowest BCUT2D eigenvalue weighted by molar-refractivity contribution is -0.136. The third kappa shape index (κ3) is 5.10. The Balaban J connectivity index is 1.59. The summed E-state index contributed by atoms with van der Waals surface area (Å²) in [6, 6.07) is 0.801. The summed E-state index contributed by atoms with van der Waals surface area (Å²) in [7, 11) is 0. The van der Waals surface area contributed by atoms with E-state index in [1.165, 1.54) is 31.4 Å². The monoisotopic (exact) mass is 340 g/mol. The van der Waals surface area contributed by atoms with Crippen LogP contribution in [0.25, 0.3) is 0 Å². The second-order valence-corrected chi connectivity index (χ2v) is 8.67. The van der Waals surface area contributed by atoms with Crippen molar-refractivity contribution in [2.24, 2.45) is 5.92 Å². The highest BCUT2D eigenvalue weighted by Gasteiger charge is 2.31. The summed E-state index contributed by atoms with van der Waals surface area (Å²) in [5, 5.41) is 3.51. The molecule has 2 unspecified atom stereocenters. The first-order chi connectivity index (χ1) is 11.2. The fourth-order valence-corrected chi connectivity index (χ4v) is 5.04. The number of rotatable bonds is 5. The van der Waals surface area contributed by atoms with Crippen molar-refractivity contribution in [1.82, 2.24) is 10.2 Å². The van der Waals surface area contributed by atoms with Crippen molar-refractivity contribution in [1.29, 1.82) is 0 Å². The Kier molecular flexibility index (Phi) is 6.66. The minimum atomic E-state index is 0.270. The Morgan fingerprint density at radius 2 is 2.09 bits per heavy atom. The summed E-state index contributed by atoms with van der Waals surface area (Å²) in [5.74, 6) is 3.41. The van der Waals surface area contributed by atoms with Gasteiger partial charge in [-0.15, -0.1) is 0 Å². The van der Waals surface area contributed by atoms with Crippen molar-refractivity contribution in [2.45, 2.75) is 70.1 Å². The van der Waals surface area contributed by atoms with Crippen LogP contribution in [0.2, 0.25) is 0 Å². The normalized spacial score (nSPS) is 35.2. The molecule has 5 heteroatoms. The number of amides is 1. The lowest BCUT2D eigenvalue weighted by Crippen LogP contribution is -2.49. The highest BCUT2D eigenvalue weighted by Crippen LogP contribution is 2.29. The molecule has 0 bridgehead atoms. The van der Waals surface area contributed by atoms with E-state index in [1.807, 2.05) is 11.8 Å². The van der Waals surface area contributed by atoms with Crippen LogP contribution in [0.3, 0.4) is 0 Å². The first-order valence-electron chi connectivity index (χ1n) is 9.44. The maximum Gasteiger partial charge on any atom is 0.224 e. The highest BCUT2D eigenvalue weighted by atomic mass is 32.2. The largest absolute Gasteiger partial charge is 0.376 e. The van der Waals surface area contributed by atoms with Crippen molar-refractivity contribution >= 4 is 17.7 Å². The Hall–Kier alpha value is -0.260. The molecule has 3 rings (SSSR count). The zero-order chi connectivity index (χ0) is 16.1. The van der Waals surface area contributed by atoms with Crippen LogP contribution >= 0.6 is 11.8 Å². The van der Waals surface area contributed by atoms with Gasteiger partial charge in [0.25, 0.3) is 0 Å². The lowest BCUT2D eigenvalue weighted by Gasteiger charge is -2.38. The Labute approximate surface area is 145 Å². The average molecular weight is 341 g/mol. The van der Waals surface area contributed by atoms with Gasteiger partial charge in [0.2, 0.25) is 5.91 Å². The number of nitrogens with zero attached hydrogens (tertiary/aromatic N) is 1. The Morgan fingerprint density at radius 1 is 1.26 bits per heavy atom. The summed E-state index contributed by atoms with van der Waals surface area (Å²) in [4.78, 5) is 15.2. The third-order valence-electron chi connectivity index (χ3n) is 5.59. The molecule has 1 amide bonds. The van der Waals surface area contributed by atoms with E-state index in [9.17, 15) is 4.79 Å². The van der Waals surface area contributed by atoms with Gasteiger partial charge >= 0.3 is 0 Å². The molecule has 0 spiro atoms. The summed E-state index contributed by atoms with van der Waals surface area (Å²) < 4.78 is 5.82. The van der Waals surface area contributed by atoms with Gasteiger partial charge in [-0.2, -0.15) is 11.8 Å². The Morgan fingerprint density at radius 3 is 2.74 bits per heavy atom. The summed E-state index contributed by atoms with van der Waals surface area (Å²) in [6.45, 7) is 5.06. The van der Waals surface area contributed by atoms with E-state index in [0.717, 1.165) is 44.2 Å². The molecular formula is C18H32N2O2S. The average Bonchev–Trinajstić information content (AvgIpc) is 3.08. The molecule has 23 heavy (non-hydrogen) atoms. The summed E-state index contributed by atoms with van der Waals surface area (Å²) in [5.41, 5.74) is 0. The molecule has 1 aliphatic carbocycles. The third-order valence-corrected chi connectivity index (χ3v) is 6.72. The van der Waals surface area contributed by atoms with Crippen molar-refractivity contribution in [3.05, 3.63) is 0 Å². The molecule has 0 aromatic rings. The van der Waals surface area contributed by atoms with Crippen LogP contribution in [0.5, 0.6) is 0 Å². The van der Waals surface area contributed by atoms with Crippen molar-refractivity contribution < 1.29 is 9.53 Å². The van der Waals surface area contributed by atoms with Gasteiger partial charge in [-0.25, -0.2) is 0 Å². The van der Waals surface area contributed by atoms with Gasteiger partial charge in [0, 0.05) is 49.7 Å². The number of carbonyl (C=O) groups is 1. The Bertz CT molecular complexity index is 373. The van der Waals surface area contributed by atoms with E-state index in [0.29, 0.717) is 24.4 Å². The number of thioether (sulfide) groups is 1. The zero-order valence-corrected chi connectivity index (χ0v) is 15.3. The summed E-state index contributed by atoms with van der Waals surface area (Å²) >= 11 is 1.97. The fraction of sp³-hybridized carbons (Fsp3) is 0.944. The molecule has 4 nitrogen and oxygen atoms in total. The van der Waals surface area contributed by atoms with E-state index >= 15 is 0 Å². The van der Waals surface area contributed by atoms with E-state index in [-0.39, 0.29) is 6.10 Å². The second-order valence-electron chi connectivity index (χ2n) is 7.52. The maximum absolute atomic E-state index is 13.0. The minimum Gasteiger partial charge on any atom is -0.376 e. The molecule has 2 heterocycles. The number of nitrogens with one attached hydrogen (secondary N) is 1. The SMILES string of the molecule is CC1CCC(N(CC2CCCO2)C(=O)CC2CSCCN2)CC1. The molecule has 3 fully saturated rings. The molecule has 1 saturated carbocycles. The van der Waals surface area contributed by atoms with Crippen molar-refractivity contribution in [3.8, 4) is 0 Å². The number of hydrogen-bond acceptors (Lipinski definition) is 4. The molecule has 132 valence electrons. The molecule has 2 atom stereocenters. The first kappa shape index (κ1) is 17.6. The molecule has 0 aromatic heterocycles. The lowest BCUT2D eigenvalue weighted by atomic mass is 9.86. The predicted molar refractivity (Wildman–Crippen MR) is 95.8 cm³/mol. The quantitative estimate of drug-likeness (QED) is 0.835. The van der Waals surface area contributed by atoms with E-state index in [4.69, 9.17) is 4.74 Å². The van der Waals surface area contributed by atoms with Crippen LogP contribution in [-0.2, 0) is 9.53 Å². The van der Waals surface area contributed by atoms with Gasteiger partial charge in [0.15, 0.2) is 0 Å². The standard InChI is InChI=1S/C18H32N2O2S/c1-14-4-6-16(7-5-14)20(12-17-3-2-9-22-17)18(21)11-15-13-23-10-8-19-15/h14-17,19H,2-13H2,1H3. The van der Waals surface area contributed by atoms with Gasteiger partial charge < -0.3 is 15.0 Å². The van der Waals surface area contributed by atoms with Crippen LogP contribution in [-0.4, -0.2) is 60.2 Å². The predicted octanol–water partition coefficient (Wildman–Crippen LogP) is 2.67. The number of hydrogen-bond donors (Lipinski definition) is 1.